The highest BCUT2D eigenvalue weighted by molar-refractivity contribution is 6.19. The minimum Gasteiger partial charge on any atom is -0.455 e. The van der Waals surface area contributed by atoms with Crippen LogP contribution in [0.1, 0.15) is 30.2 Å². The van der Waals surface area contributed by atoms with Gasteiger partial charge in [-0.2, -0.15) is 0 Å². The maximum Gasteiger partial charge on any atom is 0.143 e. The van der Waals surface area contributed by atoms with Crippen LogP contribution in [0.5, 0.6) is 0 Å². The van der Waals surface area contributed by atoms with E-state index in [9.17, 15) is 13.7 Å². The van der Waals surface area contributed by atoms with Crippen LogP contribution in [-0.4, -0.2) is 0 Å². The molecule has 2 nitrogen and oxygen atoms in total. The molecule has 244 valence electrons. The average Bonchev–Trinajstić information content (AvgIpc) is 3.79. The topological polar surface area (TPSA) is 16.4 Å². The molecule has 9 aromatic carbocycles. The van der Waals surface area contributed by atoms with E-state index in [-0.39, 0.29) is 11.1 Å². The molecule has 0 saturated carbocycles. The molecule has 0 N–H and O–H groups in total. The van der Waals surface area contributed by atoms with Crippen molar-refractivity contribution >= 4 is 60.5 Å². The van der Waals surface area contributed by atoms with Gasteiger partial charge in [-0.1, -0.05) is 151 Å². The lowest BCUT2D eigenvalue weighted by Gasteiger charge is -2.26. The van der Waals surface area contributed by atoms with Gasteiger partial charge in [-0.25, -0.2) is 0 Å². The predicted molar refractivity (Wildman–Crippen MR) is 220 cm³/mol. The highest BCUT2D eigenvalue weighted by Gasteiger charge is 2.20. The van der Waals surface area contributed by atoms with E-state index in [0.717, 1.165) is 16.3 Å². The Morgan fingerprint density at radius 3 is 1.92 bits per heavy atom. The Morgan fingerprint density at radius 2 is 1.10 bits per heavy atom. The molecule has 0 spiro atoms. The van der Waals surface area contributed by atoms with E-state index in [2.05, 4.69) is 0 Å². The predicted octanol–water partition coefficient (Wildman–Crippen LogP) is 14.4. The quantitative estimate of drug-likeness (QED) is 0.173. The van der Waals surface area contributed by atoms with Crippen molar-refractivity contribution in [2.45, 2.75) is 0 Å². The van der Waals surface area contributed by atoms with Gasteiger partial charge in [0.2, 0.25) is 0 Å². The first-order valence-electron chi connectivity index (χ1n) is 27.0. The van der Waals surface area contributed by atoms with Crippen LogP contribution in [0.2, 0.25) is 0 Å². The minimum absolute atomic E-state index is 0.215. The van der Waals surface area contributed by atoms with Crippen molar-refractivity contribution < 1.29 is 34.6 Å². The van der Waals surface area contributed by atoms with Crippen LogP contribution in [-0.2, 0) is 0 Å². The summed E-state index contributed by atoms with van der Waals surface area (Å²) in [6.07, 6.45) is 0. The fourth-order valence-corrected chi connectivity index (χ4v) is 6.25. The van der Waals surface area contributed by atoms with Gasteiger partial charge in [-0.05, 0) is 97.9 Å². The zero-order chi connectivity index (χ0) is 53.6. The van der Waals surface area contributed by atoms with Crippen LogP contribution < -0.4 is 4.90 Å². The Balaban J connectivity index is 1.36. The van der Waals surface area contributed by atoms with E-state index in [1.807, 2.05) is 42.5 Å². The minimum atomic E-state index is -1.09. The highest BCUT2D eigenvalue weighted by Crippen LogP contribution is 2.45. The molecule has 52 heavy (non-hydrogen) atoms. The smallest absolute Gasteiger partial charge is 0.143 e. The molecule has 1 aromatic heterocycles. The van der Waals surface area contributed by atoms with Crippen LogP contribution in [0, 0.1) is 0 Å². The number of hydrogen-bond acceptors (Lipinski definition) is 2. The van der Waals surface area contributed by atoms with E-state index in [1.165, 1.54) is 0 Å². The monoisotopic (exact) mass is 685 g/mol. The van der Waals surface area contributed by atoms with Crippen molar-refractivity contribution in [1.82, 2.24) is 0 Å². The Bertz CT molecular complexity index is 4100. The summed E-state index contributed by atoms with van der Waals surface area (Å²) < 4.78 is 205. The second-order valence-electron chi connectivity index (χ2n) is 11.6. The SMILES string of the molecule is [2H]c1c([2H])c([2H])c(-c2c([2H])c([2H])c(N(c3c([2H])c([2H])c(-c4cccc(-c5cccc6ccccc56)c4)c([2H])c3[2H])c3c([2H])c([2H])c([2H])c4oc5c6c([2H])c([2H])c([2H])c([2H])c6c([2H])c([2H])c5c34)c([2H])c2[2H])c([2H])c1[2H]. The van der Waals surface area contributed by atoms with Crippen molar-refractivity contribution in [1.29, 1.82) is 0 Å². The summed E-state index contributed by atoms with van der Waals surface area (Å²) in [5.41, 5.74) is -3.86. The molecule has 10 aromatic rings. The number of benzene rings is 9. The maximum atomic E-state index is 9.73. The van der Waals surface area contributed by atoms with Gasteiger partial charge in [0, 0.05) is 22.1 Å². The highest BCUT2D eigenvalue weighted by atomic mass is 16.3. The second-order valence-corrected chi connectivity index (χ2v) is 11.6. The number of hydrogen-bond donors (Lipinski definition) is 0. The molecule has 10 rings (SSSR count). The Labute approximate surface area is 333 Å². The molecule has 2 heteroatoms. The summed E-state index contributed by atoms with van der Waals surface area (Å²) in [5.74, 6) is 0. The largest absolute Gasteiger partial charge is 0.455 e. The van der Waals surface area contributed by atoms with Gasteiger partial charge in [0.05, 0.1) is 41.2 Å². The van der Waals surface area contributed by atoms with Gasteiger partial charge in [0.15, 0.2) is 0 Å². The van der Waals surface area contributed by atoms with Crippen LogP contribution >= 0.6 is 0 Å². The first-order chi connectivity index (χ1) is 35.0. The van der Waals surface area contributed by atoms with Gasteiger partial charge in [0.1, 0.15) is 11.2 Å². The molecule has 0 fully saturated rings. The van der Waals surface area contributed by atoms with Gasteiger partial charge in [-0.15, -0.1) is 0 Å². The van der Waals surface area contributed by atoms with Gasteiger partial charge >= 0.3 is 0 Å². The molecular weight excluding hydrogens is 631 g/mol. The molecule has 1 heterocycles. The summed E-state index contributed by atoms with van der Waals surface area (Å²) in [6.45, 7) is 0. The van der Waals surface area contributed by atoms with Crippen molar-refractivity contribution in [2.75, 3.05) is 4.90 Å². The summed E-state index contributed by atoms with van der Waals surface area (Å²) in [4.78, 5) is 0.619. The van der Waals surface area contributed by atoms with Crippen molar-refractivity contribution in [3.63, 3.8) is 0 Å². The number of anilines is 3. The van der Waals surface area contributed by atoms with E-state index >= 15 is 0 Å². The number of rotatable bonds is 6. The fourth-order valence-electron chi connectivity index (χ4n) is 6.25. The molecule has 0 radical (unpaired) electrons. The summed E-state index contributed by atoms with van der Waals surface area (Å²) in [5, 5.41) is -0.159. The second kappa shape index (κ2) is 12.5. The van der Waals surface area contributed by atoms with Crippen LogP contribution in [0.4, 0.5) is 17.1 Å². The lowest BCUT2D eigenvalue weighted by Crippen LogP contribution is -2.10. The molecule has 0 amide bonds. The zero-order valence-corrected chi connectivity index (χ0v) is 26.7. The maximum absolute atomic E-state index is 9.73. The van der Waals surface area contributed by atoms with E-state index < -0.39 is 194 Å². The Hall–Kier alpha value is -6.90. The van der Waals surface area contributed by atoms with Gasteiger partial charge in [0.25, 0.3) is 0 Å². The van der Waals surface area contributed by atoms with Gasteiger partial charge < -0.3 is 9.32 Å². The summed E-state index contributed by atoms with van der Waals surface area (Å²) >= 11 is 0. The van der Waals surface area contributed by atoms with Crippen molar-refractivity contribution in [2.24, 2.45) is 0 Å². The molecule has 0 bridgehead atoms. The number of fused-ring (bicyclic) bond motifs is 6. The standard InChI is InChI=1S/C50H33NO/c1-2-11-34(12-3-1)35-23-28-41(29-24-35)51(47-21-10-22-48-49(47)46-32-27-38-14-5-7-19-45(38)50(46)52-48)42-30-25-36(26-31-42)39-16-8-17-40(33-39)44-20-9-15-37-13-4-6-18-43(37)44/h1-33H/i1D,2D,3D,5D,7D,10D,11D,12D,14D,19D,21D,22D,23D,24D,25D,26D,27D,28D,29D,30D,31D,32D. The van der Waals surface area contributed by atoms with Crippen LogP contribution in [0.25, 0.3) is 76.9 Å². The number of furan rings is 1. The lowest BCUT2D eigenvalue weighted by atomic mass is 9.95. The first kappa shape index (κ1) is 15.1. The Morgan fingerprint density at radius 1 is 0.423 bits per heavy atom. The zero-order valence-electron chi connectivity index (χ0n) is 48.7. The van der Waals surface area contributed by atoms with Crippen LogP contribution in [0.15, 0.2) is 204 Å². The lowest BCUT2D eigenvalue weighted by molar-refractivity contribution is 0.672. The fraction of sp³-hybridized carbons (Fsp3) is 0. The van der Waals surface area contributed by atoms with Crippen molar-refractivity contribution in [3.8, 4) is 33.4 Å². The van der Waals surface area contributed by atoms with E-state index in [1.54, 1.807) is 24.3 Å². The summed E-state index contributed by atoms with van der Waals surface area (Å²) in [7, 11) is 0. The third-order valence-corrected chi connectivity index (χ3v) is 8.63. The average molecular weight is 686 g/mol. The molecule has 0 unspecified atom stereocenters. The third-order valence-electron chi connectivity index (χ3n) is 8.63. The normalized spacial score (nSPS) is 17.4. The number of nitrogens with zero attached hydrogens (tertiary/aromatic N) is 1. The molecular formula is C50H33NO. The first-order valence-corrected chi connectivity index (χ1v) is 16.0. The van der Waals surface area contributed by atoms with Crippen molar-refractivity contribution in [3.05, 3.63) is 200 Å². The molecule has 0 atom stereocenters. The summed E-state index contributed by atoms with van der Waals surface area (Å²) in [6, 6.07) is 0.818. The van der Waals surface area contributed by atoms with E-state index in [0.29, 0.717) is 10.5 Å². The third kappa shape index (κ3) is 5.12. The Kier molecular flexibility index (Phi) is 3.63. The van der Waals surface area contributed by atoms with Crippen LogP contribution in [0.3, 0.4) is 0 Å². The molecule has 0 saturated heterocycles. The van der Waals surface area contributed by atoms with E-state index in [4.69, 9.17) is 20.9 Å². The van der Waals surface area contributed by atoms with Gasteiger partial charge in [-0.3, -0.25) is 0 Å². The molecule has 0 aliphatic rings. The molecule has 0 aliphatic heterocycles. The molecule has 0 aliphatic carbocycles.